The van der Waals surface area contributed by atoms with Crippen molar-refractivity contribution in [3.63, 3.8) is 0 Å². The van der Waals surface area contributed by atoms with E-state index in [-0.39, 0.29) is 5.54 Å². The summed E-state index contributed by atoms with van der Waals surface area (Å²) in [6.07, 6.45) is 1.59. The Morgan fingerprint density at radius 3 is 2.77 bits per heavy atom. The van der Waals surface area contributed by atoms with E-state index in [0.717, 1.165) is 24.6 Å². The minimum atomic E-state index is 0.167. The molecule has 0 saturated carbocycles. The first kappa shape index (κ1) is 8.44. The van der Waals surface area contributed by atoms with Crippen molar-refractivity contribution in [2.24, 2.45) is 0 Å². The van der Waals surface area contributed by atoms with Gasteiger partial charge < -0.3 is 10.6 Å². The van der Waals surface area contributed by atoms with E-state index in [1.807, 2.05) is 13.0 Å². The molecular formula is C9H14N4. The van der Waals surface area contributed by atoms with Gasteiger partial charge in [0.25, 0.3) is 0 Å². The lowest BCUT2D eigenvalue weighted by molar-refractivity contribution is 0.337. The largest absolute Gasteiger partial charge is 0.362 e. The first-order valence-electron chi connectivity index (χ1n) is 4.46. The van der Waals surface area contributed by atoms with Crippen molar-refractivity contribution in [1.29, 1.82) is 0 Å². The van der Waals surface area contributed by atoms with E-state index in [1.165, 1.54) is 0 Å². The van der Waals surface area contributed by atoms with Crippen LogP contribution in [0.1, 0.15) is 12.6 Å². The minimum Gasteiger partial charge on any atom is -0.362 e. The van der Waals surface area contributed by atoms with Crippen molar-refractivity contribution >= 4 is 5.82 Å². The Morgan fingerprint density at radius 2 is 2.23 bits per heavy atom. The molecule has 0 spiro atoms. The van der Waals surface area contributed by atoms with E-state index >= 15 is 0 Å². The highest BCUT2D eigenvalue weighted by atomic mass is 15.2. The molecule has 0 unspecified atom stereocenters. The second-order valence-corrected chi connectivity index (χ2v) is 3.83. The van der Waals surface area contributed by atoms with Crippen molar-refractivity contribution < 1.29 is 0 Å². The minimum absolute atomic E-state index is 0.167. The third-order valence-corrected chi connectivity index (χ3v) is 2.26. The molecule has 0 bridgehead atoms. The third kappa shape index (κ3) is 1.78. The van der Waals surface area contributed by atoms with Crippen LogP contribution in [0.25, 0.3) is 0 Å². The first-order chi connectivity index (χ1) is 6.18. The number of nitrogens with zero attached hydrogens (tertiary/aromatic N) is 2. The lowest BCUT2D eigenvalue weighted by Gasteiger charge is -2.40. The van der Waals surface area contributed by atoms with Crippen molar-refractivity contribution in [2.45, 2.75) is 19.4 Å². The van der Waals surface area contributed by atoms with Crippen LogP contribution in [0.4, 0.5) is 5.82 Å². The summed E-state index contributed by atoms with van der Waals surface area (Å²) in [4.78, 5) is 8.20. The molecule has 2 N–H and O–H groups in total. The zero-order valence-corrected chi connectivity index (χ0v) is 7.96. The van der Waals surface area contributed by atoms with Gasteiger partial charge in [-0.25, -0.2) is 9.97 Å². The van der Waals surface area contributed by atoms with Gasteiger partial charge in [0.05, 0.1) is 5.54 Å². The maximum atomic E-state index is 4.16. The van der Waals surface area contributed by atoms with Crippen LogP contribution in [0.3, 0.4) is 0 Å². The maximum Gasteiger partial charge on any atom is 0.130 e. The van der Waals surface area contributed by atoms with Gasteiger partial charge >= 0.3 is 0 Å². The lowest BCUT2D eigenvalue weighted by Crippen LogP contribution is -2.62. The number of nitrogens with one attached hydrogen (secondary N) is 2. The second kappa shape index (κ2) is 2.96. The van der Waals surface area contributed by atoms with E-state index in [1.54, 1.807) is 6.33 Å². The van der Waals surface area contributed by atoms with Crippen LogP contribution in [0.2, 0.25) is 0 Å². The summed E-state index contributed by atoms with van der Waals surface area (Å²) >= 11 is 0. The smallest absolute Gasteiger partial charge is 0.130 e. The molecule has 2 rings (SSSR count). The van der Waals surface area contributed by atoms with Crippen LogP contribution >= 0.6 is 0 Å². The van der Waals surface area contributed by atoms with Gasteiger partial charge in [-0.1, -0.05) is 0 Å². The zero-order chi connectivity index (χ0) is 9.31. The summed E-state index contributed by atoms with van der Waals surface area (Å²) in [5, 5.41) is 6.61. The van der Waals surface area contributed by atoms with E-state index in [2.05, 4.69) is 27.5 Å². The number of hydrogen-bond acceptors (Lipinski definition) is 4. The molecule has 1 aliphatic heterocycles. The van der Waals surface area contributed by atoms with Gasteiger partial charge in [-0.15, -0.1) is 0 Å². The van der Waals surface area contributed by atoms with Gasteiger partial charge in [0.2, 0.25) is 0 Å². The molecule has 1 saturated heterocycles. The highest BCUT2D eigenvalue weighted by Crippen LogP contribution is 2.16. The fraction of sp³-hybridized carbons (Fsp3) is 0.556. The summed E-state index contributed by atoms with van der Waals surface area (Å²) in [6, 6.07) is 1.96. The average molecular weight is 178 g/mol. The van der Waals surface area contributed by atoms with Crippen molar-refractivity contribution in [3.05, 3.63) is 18.1 Å². The maximum absolute atomic E-state index is 4.16. The van der Waals surface area contributed by atoms with Crippen molar-refractivity contribution in [1.82, 2.24) is 15.3 Å². The summed E-state index contributed by atoms with van der Waals surface area (Å²) < 4.78 is 0. The first-order valence-corrected chi connectivity index (χ1v) is 4.46. The standard InChI is InChI=1S/C9H14N4/c1-7-3-8(12-6-11-7)13-9(2)4-10-5-9/h3,6,10H,4-5H2,1-2H3,(H,11,12,13). The zero-order valence-electron chi connectivity index (χ0n) is 7.96. The molecule has 4 nitrogen and oxygen atoms in total. The van der Waals surface area contributed by atoms with Gasteiger partial charge in [0, 0.05) is 24.8 Å². The van der Waals surface area contributed by atoms with Crippen LogP contribution in [0.5, 0.6) is 0 Å². The van der Waals surface area contributed by atoms with Crippen molar-refractivity contribution in [2.75, 3.05) is 18.4 Å². The molecule has 2 heterocycles. The monoisotopic (exact) mass is 178 g/mol. The number of rotatable bonds is 2. The number of aryl methyl sites for hydroxylation is 1. The molecule has 13 heavy (non-hydrogen) atoms. The Labute approximate surface area is 77.8 Å². The Balaban J connectivity index is 2.09. The summed E-state index contributed by atoms with van der Waals surface area (Å²) in [7, 11) is 0. The van der Waals surface area contributed by atoms with Crippen LogP contribution in [0, 0.1) is 6.92 Å². The van der Waals surface area contributed by atoms with Crippen LogP contribution < -0.4 is 10.6 Å². The summed E-state index contributed by atoms with van der Waals surface area (Å²) in [5.74, 6) is 0.913. The Morgan fingerprint density at radius 1 is 1.46 bits per heavy atom. The molecular weight excluding hydrogens is 164 g/mol. The highest BCUT2D eigenvalue weighted by Gasteiger charge is 2.31. The Bertz CT molecular complexity index is 306. The molecule has 1 aromatic heterocycles. The molecule has 0 atom stereocenters. The van der Waals surface area contributed by atoms with Crippen LogP contribution in [-0.4, -0.2) is 28.6 Å². The topological polar surface area (TPSA) is 49.8 Å². The van der Waals surface area contributed by atoms with Crippen molar-refractivity contribution in [3.8, 4) is 0 Å². The van der Waals surface area contributed by atoms with E-state index < -0.39 is 0 Å². The number of anilines is 1. The van der Waals surface area contributed by atoms with Gasteiger partial charge in [0.15, 0.2) is 0 Å². The molecule has 4 heteroatoms. The van der Waals surface area contributed by atoms with Gasteiger partial charge in [-0.3, -0.25) is 0 Å². The highest BCUT2D eigenvalue weighted by molar-refractivity contribution is 5.39. The number of aromatic nitrogens is 2. The molecule has 0 amide bonds. The molecule has 0 radical (unpaired) electrons. The normalized spacial score (nSPS) is 19.2. The van der Waals surface area contributed by atoms with E-state index in [9.17, 15) is 0 Å². The predicted molar refractivity (Wildman–Crippen MR) is 51.7 cm³/mol. The Hall–Kier alpha value is -1.16. The number of hydrogen-bond donors (Lipinski definition) is 2. The van der Waals surface area contributed by atoms with E-state index in [0.29, 0.717) is 0 Å². The van der Waals surface area contributed by atoms with Gasteiger partial charge in [-0.05, 0) is 13.8 Å². The fourth-order valence-electron chi connectivity index (χ4n) is 1.42. The molecule has 0 aliphatic carbocycles. The van der Waals surface area contributed by atoms with Gasteiger partial charge in [-0.2, -0.15) is 0 Å². The molecule has 0 aromatic carbocycles. The van der Waals surface area contributed by atoms with Gasteiger partial charge in [0.1, 0.15) is 12.1 Å². The fourth-order valence-corrected chi connectivity index (χ4v) is 1.42. The molecule has 1 fully saturated rings. The molecule has 1 aliphatic rings. The van der Waals surface area contributed by atoms with Crippen LogP contribution in [-0.2, 0) is 0 Å². The predicted octanol–water partition coefficient (Wildman–Crippen LogP) is 0.559. The second-order valence-electron chi connectivity index (χ2n) is 3.83. The summed E-state index contributed by atoms with van der Waals surface area (Å²) in [6.45, 7) is 6.14. The molecule has 70 valence electrons. The quantitative estimate of drug-likeness (QED) is 0.694. The Kier molecular flexibility index (Phi) is 1.92. The van der Waals surface area contributed by atoms with Crippen LogP contribution in [0.15, 0.2) is 12.4 Å². The average Bonchev–Trinajstić information content (AvgIpc) is 2.01. The van der Waals surface area contributed by atoms with E-state index in [4.69, 9.17) is 0 Å². The molecule has 1 aromatic rings. The summed E-state index contributed by atoms with van der Waals surface area (Å²) in [5.41, 5.74) is 1.16. The lowest BCUT2D eigenvalue weighted by atomic mass is 9.95. The third-order valence-electron chi connectivity index (χ3n) is 2.26. The SMILES string of the molecule is Cc1cc(NC2(C)CNC2)ncn1.